The maximum atomic E-state index is 13.0. The van der Waals surface area contributed by atoms with Crippen LogP contribution in [0.15, 0.2) is 95.8 Å². The molecule has 0 aliphatic rings. The lowest BCUT2D eigenvalue weighted by Gasteiger charge is -2.09. The highest BCUT2D eigenvalue weighted by molar-refractivity contribution is 7.13. The van der Waals surface area contributed by atoms with Crippen LogP contribution < -0.4 is 4.74 Å². The molecule has 37 heavy (non-hydrogen) atoms. The van der Waals surface area contributed by atoms with Gasteiger partial charge in [0.1, 0.15) is 15.9 Å². The van der Waals surface area contributed by atoms with Crippen LogP contribution in [-0.4, -0.2) is 24.9 Å². The van der Waals surface area contributed by atoms with Crippen molar-refractivity contribution in [1.82, 2.24) is 18.9 Å². The minimum atomic E-state index is -0.381. The van der Waals surface area contributed by atoms with Crippen molar-refractivity contribution in [1.29, 1.82) is 0 Å². The molecule has 0 aliphatic carbocycles. The van der Waals surface area contributed by atoms with Crippen molar-refractivity contribution >= 4 is 56.4 Å². The minimum absolute atomic E-state index is 0.381. The van der Waals surface area contributed by atoms with Gasteiger partial charge in [0.05, 0.1) is 15.9 Å². The lowest BCUT2D eigenvalue weighted by molar-refractivity contribution is 0.0742. The predicted octanol–water partition coefficient (Wildman–Crippen LogP) is 7.09. The highest BCUT2D eigenvalue weighted by atomic mass is 32.1. The molecule has 0 N–H and O–H groups in total. The maximum absolute atomic E-state index is 13.0. The van der Waals surface area contributed by atoms with E-state index in [1.54, 1.807) is 17.4 Å². The van der Waals surface area contributed by atoms with Gasteiger partial charge < -0.3 is 9.30 Å². The average Bonchev–Trinajstić information content (AvgIpc) is 3.74. The van der Waals surface area contributed by atoms with E-state index in [4.69, 9.17) is 14.7 Å². The van der Waals surface area contributed by atoms with Gasteiger partial charge in [-0.05, 0) is 47.0 Å². The van der Waals surface area contributed by atoms with Crippen LogP contribution in [0.3, 0.4) is 0 Å². The SMILES string of the molecule is O=C(Oc1cn(CCc2ccccc2)c2nc(-c3cccs3)n3c4ccccc4nc3c12)c1cccs1. The first-order valence-corrected chi connectivity index (χ1v) is 13.7. The molecule has 7 aromatic rings. The summed E-state index contributed by atoms with van der Waals surface area (Å²) >= 11 is 3.00. The number of hydrogen-bond donors (Lipinski definition) is 0. The zero-order valence-corrected chi connectivity index (χ0v) is 21.2. The summed E-state index contributed by atoms with van der Waals surface area (Å²) in [4.78, 5) is 24.8. The molecule has 0 unspecified atom stereocenters. The van der Waals surface area contributed by atoms with Gasteiger partial charge in [0.2, 0.25) is 0 Å². The molecule has 0 saturated carbocycles. The number of carbonyl (C=O) groups excluding carboxylic acids is 1. The molecule has 5 aromatic heterocycles. The molecule has 180 valence electrons. The molecular weight excluding hydrogens is 500 g/mol. The van der Waals surface area contributed by atoms with Gasteiger partial charge in [0, 0.05) is 12.7 Å². The summed E-state index contributed by atoms with van der Waals surface area (Å²) < 4.78 is 10.2. The first-order chi connectivity index (χ1) is 18.3. The minimum Gasteiger partial charge on any atom is -0.420 e. The summed E-state index contributed by atoms with van der Waals surface area (Å²) in [5, 5.41) is 4.65. The smallest absolute Gasteiger partial charge is 0.353 e. The highest BCUT2D eigenvalue weighted by Gasteiger charge is 2.24. The fourth-order valence-electron chi connectivity index (χ4n) is 4.67. The zero-order valence-electron chi connectivity index (χ0n) is 19.6. The molecule has 7 rings (SSSR count). The van der Waals surface area contributed by atoms with E-state index in [1.807, 2.05) is 66.2 Å². The van der Waals surface area contributed by atoms with Crippen molar-refractivity contribution in [3.05, 3.63) is 106 Å². The molecule has 5 heterocycles. The van der Waals surface area contributed by atoms with Crippen molar-refractivity contribution in [3.8, 4) is 16.5 Å². The van der Waals surface area contributed by atoms with Gasteiger partial charge in [-0.3, -0.25) is 4.40 Å². The van der Waals surface area contributed by atoms with Crippen LogP contribution in [0.4, 0.5) is 0 Å². The van der Waals surface area contributed by atoms with Gasteiger partial charge in [-0.1, -0.05) is 54.6 Å². The van der Waals surface area contributed by atoms with Crippen LogP contribution in [0.1, 0.15) is 15.2 Å². The van der Waals surface area contributed by atoms with E-state index < -0.39 is 0 Å². The lowest BCUT2D eigenvalue weighted by atomic mass is 10.1. The fraction of sp³-hybridized carbons (Fsp3) is 0.0690. The molecule has 0 amide bonds. The predicted molar refractivity (Wildman–Crippen MR) is 149 cm³/mol. The van der Waals surface area contributed by atoms with Gasteiger partial charge in [0.15, 0.2) is 17.2 Å². The standard InChI is InChI=1S/C29H20N4O2S2/c34-29(24-13-7-17-37-24)35-22-18-32(15-14-19-8-2-1-3-9-19)27-25(22)28-30-20-10-4-5-11-21(20)33(28)26(31-27)23-12-6-16-36-23/h1-13,16-18H,14-15H2. The van der Waals surface area contributed by atoms with Gasteiger partial charge in [-0.2, -0.15) is 0 Å². The fourth-order valence-corrected chi connectivity index (χ4v) is 5.97. The van der Waals surface area contributed by atoms with E-state index >= 15 is 0 Å². The van der Waals surface area contributed by atoms with E-state index in [0.717, 1.165) is 44.8 Å². The van der Waals surface area contributed by atoms with Gasteiger partial charge in [-0.25, -0.2) is 14.8 Å². The molecular formula is C29H20N4O2S2. The Bertz CT molecular complexity index is 1870. The molecule has 6 nitrogen and oxygen atoms in total. The van der Waals surface area contributed by atoms with Crippen LogP contribution >= 0.6 is 22.7 Å². The van der Waals surface area contributed by atoms with Gasteiger partial charge in [-0.15, -0.1) is 22.7 Å². The average molecular weight is 521 g/mol. The van der Waals surface area contributed by atoms with E-state index in [1.165, 1.54) is 16.9 Å². The molecule has 0 spiro atoms. The summed E-state index contributed by atoms with van der Waals surface area (Å²) in [6.07, 6.45) is 2.71. The van der Waals surface area contributed by atoms with Crippen LogP contribution in [0, 0.1) is 0 Å². The van der Waals surface area contributed by atoms with Crippen LogP contribution in [-0.2, 0) is 13.0 Å². The topological polar surface area (TPSA) is 61.4 Å². The van der Waals surface area contributed by atoms with Crippen molar-refractivity contribution in [2.75, 3.05) is 0 Å². The van der Waals surface area contributed by atoms with Gasteiger partial charge >= 0.3 is 5.97 Å². The zero-order chi connectivity index (χ0) is 24.8. The summed E-state index contributed by atoms with van der Waals surface area (Å²) in [5.41, 5.74) is 4.52. The largest absolute Gasteiger partial charge is 0.420 e. The summed E-state index contributed by atoms with van der Waals surface area (Å²) in [5.74, 6) is 0.905. The number of rotatable bonds is 6. The number of hydrogen-bond acceptors (Lipinski definition) is 6. The number of aryl methyl sites for hydroxylation is 2. The molecule has 0 saturated heterocycles. The quantitative estimate of drug-likeness (QED) is 0.220. The molecule has 0 aliphatic heterocycles. The van der Waals surface area contributed by atoms with Crippen molar-refractivity contribution in [2.24, 2.45) is 0 Å². The number of benzene rings is 2. The summed E-state index contributed by atoms with van der Waals surface area (Å²) in [6, 6.07) is 26.1. The number of para-hydroxylation sites is 2. The number of aromatic nitrogens is 4. The molecule has 0 bridgehead atoms. The molecule has 0 atom stereocenters. The number of nitrogens with zero attached hydrogens (tertiary/aromatic N) is 4. The Morgan fingerprint density at radius 2 is 1.65 bits per heavy atom. The maximum Gasteiger partial charge on any atom is 0.353 e. The first-order valence-electron chi connectivity index (χ1n) is 11.9. The van der Waals surface area contributed by atoms with Crippen molar-refractivity contribution in [2.45, 2.75) is 13.0 Å². The van der Waals surface area contributed by atoms with E-state index in [0.29, 0.717) is 17.2 Å². The van der Waals surface area contributed by atoms with Crippen LogP contribution in [0.5, 0.6) is 5.75 Å². The molecule has 8 heteroatoms. The summed E-state index contributed by atoms with van der Waals surface area (Å²) in [7, 11) is 0. The third kappa shape index (κ3) is 3.82. The molecule has 2 aromatic carbocycles. The lowest BCUT2D eigenvalue weighted by Crippen LogP contribution is -2.06. The number of carbonyl (C=O) groups is 1. The monoisotopic (exact) mass is 520 g/mol. The first kappa shape index (κ1) is 22.0. The third-order valence-electron chi connectivity index (χ3n) is 6.37. The van der Waals surface area contributed by atoms with Crippen LogP contribution in [0.2, 0.25) is 0 Å². The van der Waals surface area contributed by atoms with Gasteiger partial charge in [0.25, 0.3) is 0 Å². The normalized spacial score (nSPS) is 11.6. The second-order valence-electron chi connectivity index (χ2n) is 8.66. The highest BCUT2D eigenvalue weighted by Crippen LogP contribution is 2.37. The van der Waals surface area contributed by atoms with Crippen LogP contribution in [0.25, 0.3) is 38.4 Å². The summed E-state index contributed by atoms with van der Waals surface area (Å²) in [6.45, 7) is 0.685. The Hall–Kier alpha value is -4.27. The Kier molecular flexibility index (Phi) is 5.34. The number of ether oxygens (including phenoxy) is 1. The van der Waals surface area contributed by atoms with Crippen molar-refractivity contribution < 1.29 is 9.53 Å². The number of esters is 1. The second-order valence-corrected chi connectivity index (χ2v) is 10.6. The Labute approximate surface area is 220 Å². The number of fused-ring (bicyclic) bond motifs is 5. The number of imidazole rings is 1. The van der Waals surface area contributed by atoms with E-state index in [2.05, 4.69) is 32.5 Å². The van der Waals surface area contributed by atoms with E-state index in [-0.39, 0.29) is 5.97 Å². The molecule has 0 fully saturated rings. The Balaban J connectivity index is 1.48. The molecule has 0 radical (unpaired) electrons. The second kappa shape index (κ2) is 8.99. The Morgan fingerprint density at radius 1 is 0.838 bits per heavy atom. The third-order valence-corrected chi connectivity index (χ3v) is 8.09. The number of thiophene rings is 2. The van der Waals surface area contributed by atoms with Crippen molar-refractivity contribution in [3.63, 3.8) is 0 Å². The van der Waals surface area contributed by atoms with E-state index in [9.17, 15) is 4.79 Å². The Morgan fingerprint density at radius 3 is 2.46 bits per heavy atom.